The largest absolute Gasteiger partial charge is 1.00 e. The van der Waals surface area contributed by atoms with Crippen molar-refractivity contribution >= 4 is 17.7 Å². The normalized spacial score (nSPS) is 10.4. The van der Waals surface area contributed by atoms with Crippen LogP contribution in [-0.2, 0) is 16.0 Å². The SMILES string of the molecule is Cc1oc(-c2ccccc2)nc1CCOCCCCSCC(=O)O.[H-].[Na+]. The Morgan fingerprint density at radius 3 is 2.76 bits per heavy atom. The van der Waals surface area contributed by atoms with E-state index in [4.69, 9.17) is 14.3 Å². The topological polar surface area (TPSA) is 72.6 Å². The molecule has 0 saturated heterocycles. The zero-order valence-electron chi connectivity index (χ0n) is 15.9. The van der Waals surface area contributed by atoms with Crippen LogP contribution in [-0.4, -0.2) is 40.8 Å². The van der Waals surface area contributed by atoms with Crippen molar-refractivity contribution in [2.75, 3.05) is 24.7 Å². The molecule has 1 aromatic carbocycles. The minimum absolute atomic E-state index is 0. The Balaban J connectivity index is 0.00000312. The van der Waals surface area contributed by atoms with Crippen molar-refractivity contribution in [2.45, 2.75) is 26.2 Å². The van der Waals surface area contributed by atoms with E-state index in [1.165, 1.54) is 11.8 Å². The van der Waals surface area contributed by atoms with E-state index in [-0.39, 0.29) is 36.7 Å². The van der Waals surface area contributed by atoms with Crippen LogP contribution in [0.25, 0.3) is 11.5 Å². The van der Waals surface area contributed by atoms with E-state index < -0.39 is 5.97 Å². The maximum absolute atomic E-state index is 10.4. The molecule has 7 heteroatoms. The predicted octanol–water partition coefficient (Wildman–Crippen LogP) is 0.924. The molecular formula is C18H24NNaO4S. The Morgan fingerprint density at radius 2 is 2.04 bits per heavy atom. The van der Waals surface area contributed by atoms with Gasteiger partial charge in [-0.3, -0.25) is 4.79 Å². The van der Waals surface area contributed by atoms with E-state index in [0.29, 0.717) is 19.1 Å². The second kappa shape index (κ2) is 12.5. The number of hydrogen-bond acceptors (Lipinski definition) is 5. The molecule has 0 aliphatic heterocycles. The summed E-state index contributed by atoms with van der Waals surface area (Å²) in [4.78, 5) is 14.9. The third-order valence-electron chi connectivity index (χ3n) is 3.45. The van der Waals surface area contributed by atoms with Gasteiger partial charge in [0.25, 0.3) is 0 Å². The van der Waals surface area contributed by atoms with Gasteiger partial charge in [-0.15, -0.1) is 0 Å². The van der Waals surface area contributed by atoms with Crippen molar-refractivity contribution in [3.05, 3.63) is 41.8 Å². The van der Waals surface area contributed by atoms with Gasteiger partial charge in [0.2, 0.25) is 5.89 Å². The number of nitrogens with zero attached hydrogens (tertiary/aromatic N) is 1. The Bertz CT molecular complexity index is 639. The molecule has 1 N–H and O–H groups in total. The maximum atomic E-state index is 10.4. The first-order chi connectivity index (χ1) is 11.7. The monoisotopic (exact) mass is 373 g/mol. The van der Waals surface area contributed by atoms with Crippen LogP contribution in [0.4, 0.5) is 0 Å². The molecule has 0 radical (unpaired) electrons. The van der Waals surface area contributed by atoms with Crippen molar-refractivity contribution in [1.82, 2.24) is 4.98 Å². The van der Waals surface area contributed by atoms with Crippen LogP contribution in [0.5, 0.6) is 0 Å². The Labute approximate surface area is 176 Å². The third-order valence-corrected chi connectivity index (χ3v) is 4.48. The summed E-state index contributed by atoms with van der Waals surface area (Å²) in [6, 6.07) is 9.86. The van der Waals surface area contributed by atoms with Crippen LogP contribution >= 0.6 is 11.8 Å². The molecular weight excluding hydrogens is 349 g/mol. The Hall–Kier alpha value is -0.790. The molecule has 2 aromatic rings. The average molecular weight is 373 g/mol. The molecule has 25 heavy (non-hydrogen) atoms. The summed E-state index contributed by atoms with van der Waals surface area (Å²) in [5.41, 5.74) is 1.91. The number of thioether (sulfide) groups is 1. The number of aliphatic carboxylic acids is 1. The van der Waals surface area contributed by atoms with Crippen LogP contribution in [0.1, 0.15) is 25.7 Å². The van der Waals surface area contributed by atoms with E-state index >= 15 is 0 Å². The summed E-state index contributed by atoms with van der Waals surface area (Å²) >= 11 is 1.45. The molecule has 0 atom stereocenters. The maximum Gasteiger partial charge on any atom is 1.00 e. The van der Waals surface area contributed by atoms with E-state index in [0.717, 1.165) is 42.0 Å². The number of aromatic nitrogens is 1. The van der Waals surface area contributed by atoms with E-state index in [1.54, 1.807) is 0 Å². The van der Waals surface area contributed by atoms with Crippen LogP contribution in [0, 0.1) is 6.92 Å². The van der Waals surface area contributed by atoms with Gasteiger partial charge in [0.15, 0.2) is 0 Å². The predicted molar refractivity (Wildman–Crippen MR) is 96.5 cm³/mol. The van der Waals surface area contributed by atoms with Gasteiger partial charge in [-0.1, -0.05) is 18.2 Å². The molecule has 0 fully saturated rings. The van der Waals surface area contributed by atoms with Crippen LogP contribution in [0.15, 0.2) is 34.7 Å². The van der Waals surface area contributed by atoms with Gasteiger partial charge in [0, 0.05) is 18.6 Å². The molecule has 0 spiro atoms. The van der Waals surface area contributed by atoms with Gasteiger partial charge in [-0.25, -0.2) is 4.98 Å². The molecule has 0 bridgehead atoms. The van der Waals surface area contributed by atoms with Gasteiger partial charge in [0.05, 0.1) is 18.1 Å². The van der Waals surface area contributed by atoms with Crippen molar-refractivity contribution in [3.63, 3.8) is 0 Å². The quantitative estimate of drug-likeness (QED) is 0.467. The number of benzene rings is 1. The van der Waals surface area contributed by atoms with Gasteiger partial charge in [0.1, 0.15) is 5.76 Å². The first-order valence-electron chi connectivity index (χ1n) is 8.06. The van der Waals surface area contributed by atoms with Crippen LogP contribution in [0.3, 0.4) is 0 Å². The van der Waals surface area contributed by atoms with Crippen LogP contribution in [0.2, 0.25) is 0 Å². The summed E-state index contributed by atoms with van der Waals surface area (Å²) in [5, 5.41) is 8.53. The van der Waals surface area contributed by atoms with E-state index in [9.17, 15) is 4.79 Å². The first kappa shape index (κ1) is 22.3. The zero-order valence-corrected chi connectivity index (χ0v) is 17.7. The summed E-state index contributed by atoms with van der Waals surface area (Å²) in [5.74, 6) is 1.77. The summed E-state index contributed by atoms with van der Waals surface area (Å²) in [6.45, 7) is 3.23. The first-order valence-corrected chi connectivity index (χ1v) is 9.21. The number of oxazole rings is 1. The molecule has 0 aliphatic rings. The van der Waals surface area contributed by atoms with Crippen LogP contribution < -0.4 is 29.6 Å². The fourth-order valence-electron chi connectivity index (χ4n) is 2.20. The number of hydrogen-bond donors (Lipinski definition) is 1. The Morgan fingerprint density at radius 1 is 1.28 bits per heavy atom. The van der Waals surface area contributed by atoms with Crippen molar-refractivity contribution in [3.8, 4) is 11.5 Å². The van der Waals surface area contributed by atoms with Crippen molar-refractivity contribution in [2.24, 2.45) is 0 Å². The summed E-state index contributed by atoms with van der Waals surface area (Å²) in [7, 11) is 0. The number of unbranched alkanes of at least 4 members (excludes halogenated alkanes) is 1. The van der Waals surface area contributed by atoms with Crippen molar-refractivity contribution < 1.29 is 50.0 Å². The van der Waals surface area contributed by atoms with E-state index in [1.807, 2.05) is 37.3 Å². The van der Waals surface area contributed by atoms with Gasteiger partial charge < -0.3 is 15.7 Å². The number of carbonyl (C=O) groups is 1. The number of ether oxygens (including phenoxy) is 1. The molecule has 0 unspecified atom stereocenters. The third kappa shape index (κ3) is 8.42. The number of carboxylic acid groups (broad SMARTS) is 1. The van der Waals surface area contributed by atoms with Crippen molar-refractivity contribution in [1.29, 1.82) is 0 Å². The molecule has 1 heterocycles. The van der Waals surface area contributed by atoms with E-state index in [2.05, 4.69) is 4.98 Å². The summed E-state index contributed by atoms with van der Waals surface area (Å²) in [6.07, 6.45) is 2.65. The number of carboxylic acids is 1. The van der Waals surface area contributed by atoms with Gasteiger partial charge in [-0.05, 0) is 37.7 Å². The Kier molecular flexibility index (Phi) is 11.2. The minimum atomic E-state index is -0.755. The molecule has 5 nitrogen and oxygen atoms in total. The average Bonchev–Trinajstić information content (AvgIpc) is 2.95. The zero-order chi connectivity index (χ0) is 17.2. The number of aryl methyl sites for hydroxylation is 1. The fourth-order valence-corrected chi connectivity index (χ4v) is 2.93. The fraction of sp³-hybridized carbons (Fsp3) is 0.444. The minimum Gasteiger partial charge on any atom is -1.00 e. The summed E-state index contributed by atoms with van der Waals surface area (Å²) < 4.78 is 11.4. The molecule has 0 amide bonds. The standard InChI is InChI=1S/C18H23NO4S.Na.H/c1-14-16(19-18(23-14)15-7-3-2-4-8-15)9-11-22-10-5-6-12-24-13-17(20)21;;/h2-4,7-8H,5-6,9-13H2,1H3,(H,20,21);;/q;+1;-1. The van der Waals surface area contributed by atoms with Gasteiger partial charge in [-0.2, -0.15) is 11.8 Å². The molecule has 2 rings (SSSR count). The van der Waals surface area contributed by atoms with Gasteiger partial charge >= 0.3 is 35.5 Å². The second-order valence-electron chi connectivity index (χ2n) is 5.40. The molecule has 1 aromatic heterocycles. The smallest absolute Gasteiger partial charge is 1.00 e. The number of rotatable bonds is 11. The molecule has 0 aliphatic carbocycles. The molecule has 132 valence electrons. The second-order valence-corrected chi connectivity index (χ2v) is 6.51. The molecule has 0 saturated carbocycles.